The van der Waals surface area contributed by atoms with Gasteiger partial charge in [0.15, 0.2) is 4.90 Å². The van der Waals surface area contributed by atoms with Gasteiger partial charge in [-0.2, -0.15) is 8.42 Å². The number of nitrogen functional groups attached to an aromatic ring is 2. The van der Waals surface area contributed by atoms with Crippen LogP contribution in [0.15, 0.2) is 41.3 Å². The first-order valence-corrected chi connectivity index (χ1v) is 7.91. The van der Waals surface area contributed by atoms with Gasteiger partial charge in [0.2, 0.25) is 0 Å². The van der Waals surface area contributed by atoms with E-state index in [-0.39, 0.29) is 5.75 Å². The van der Waals surface area contributed by atoms with Crippen molar-refractivity contribution in [2.45, 2.75) is 11.8 Å². The molecule has 0 aliphatic rings. The molecule has 5 N–H and O–H groups in total. The lowest BCUT2D eigenvalue weighted by Crippen LogP contribution is -2.03. The normalized spacial score (nSPS) is 10.5. The minimum Gasteiger partial charge on any atom is -0.497 e. The van der Waals surface area contributed by atoms with Crippen molar-refractivity contribution in [2.75, 3.05) is 18.6 Å². The van der Waals surface area contributed by atoms with E-state index < -0.39 is 25.6 Å². The van der Waals surface area contributed by atoms with Crippen LogP contribution in [0.4, 0.5) is 17.1 Å². The summed E-state index contributed by atoms with van der Waals surface area (Å²) >= 11 is 0. The molecule has 0 radical (unpaired) electrons. The Morgan fingerprint density at radius 3 is 2.21 bits per heavy atom. The predicted molar refractivity (Wildman–Crippen MR) is 89.5 cm³/mol. The van der Waals surface area contributed by atoms with Gasteiger partial charge in [0.25, 0.3) is 5.69 Å². The number of rotatable bonds is 3. The third kappa shape index (κ3) is 5.11. The largest absolute Gasteiger partial charge is 0.497 e. The zero-order valence-corrected chi connectivity index (χ0v) is 13.8. The number of nitrogens with two attached hydrogens (primary N) is 2. The van der Waals surface area contributed by atoms with Crippen molar-refractivity contribution in [3.05, 3.63) is 52.1 Å². The van der Waals surface area contributed by atoms with Gasteiger partial charge in [-0.3, -0.25) is 14.7 Å². The molecule has 0 saturated heterocycles. The number of hydrogen-bond acceptors (Lipinski definition) is 7. The van der Waals surface area contributed by atoms with Crippen LogP contribution in [-0.2, 0) is 10.1 Å². The molecule has 0 heterocycles. The highest BCUT2D eigenvalue weighted by molar-refractivity contribution is 7.86. The molecular weight excluding hydrogens is 338 g/mol. The van der Waals surface area contributed by atoms with E-state index in [1.54, 1.807) is 6.07 Å². The zero-order valence-electron chi connectivity index (χ0n) is 13.0. The van der Waals surface area contributed by atoms with E-state index in [1.807, 2.05) is 19.1 Å². The Morgan fingerprint density at radius 2 is 1.79 bits per heavy atom. The van der Waals surface area contributed by atoms with Crippen LogP contribution in [0.2, 0.25) is 0 Å². The molecule has 0 bridgehead atoms. The fourth-order valence-corrected chi connectivity index (χ4v) is 2.35. The summed E-state index contributed by atoms with van der Waals surface area (Å²) in [6.07, 6.45) is 0. The molecule has 0 atom stereocenters. The second-order valence-electron chi connectivity index (χ2n) is 4.68. The van der Waals surface area contributed by atoms with E-state index in [9.17, 15) is 18.5 Å². The minimum atomic E-state index is -4.63. The maximum Gasteiger partial charge on any atom is 0.301 e. The molecule has 0 aliphatic heterocycles. The van der Waals surface area contributed by atoms with Crippen molar-refractivity contribution in [3.8, 4) is 5.75 Å². The number of nitrogens with zero attached hydrogens (tertiary/aromatic N) is 1. The van der Waals surface area contributed by atoms with Crippen LogP contribution in [0.5, 0.6) is 5.75 Å². The molecule has 0 spiro atoms. The first-order chi connectivity index (χ1) is 11.1. The second-order valence-corrected chi connectivity index (χ2v) is 6.07. The predicted octanol–water partition coefficient (Wildman–Crippen LogP) is 2.01. The lowest BCUT2D eigenvalue weighted by atomic mass is 10.2. The molecule has 0 saturated carbocycles. The first kappa shape index (κ1) is 19.2. The van der Waals surface area contributed by atoms with Crippen LogP contribution in [0.3, 0.4) is 0 Å². The van der Waals surface area contributed by atoms with Crippen molar-refractivity contribution in [1.29, 1.82) is 0 Å². The SMILES string of the molecule is COc1ccc([N+](=O)[O-])c(S(=O)(=O)O)c1.Cc1cc(N)ccc1N. The smallest absolute Gasteiger partial charge is 0.301 e. The molecule has 0 amide bonds. The summed E-state index contributed by atoms with van der Waals surface area (Å²) in [5.74, 6) is 0.105. The molecule has 130 valence electrons. The third-order valence-electron chi connectivity index (χ3n) is 2.94. The van der Waals surface area contributed by atoms with Gasteiger partial charge in [0, 0.05) is 23.5 Å². The van der Waals surface area contributed by atoms with Crippen LogP contribution >= 0.6 is 0 Å². The molecule has 0 fully saturated rings. The summed E-state index contributed by atoms with van der Waals surface area (Å²) in [7, 11) is -3.36. The van der Waals surface area contributed by atoms with E-state index >= 15 is 0 Å². The van der Waals surface area contributed by atoms with Gasteiger partial charge in [0.05, 0.1) is 12.0 Å². The molecule has 9 nitrogen and oxygen atoms in total. The van der Waals surface area contributed by atoms with Crippen molar-refractivity contribution in [1.82, 2.24) is 0 Å². The fourth-order valence-electron chi connectivity index (χ4n) is 1.68. The minimum absolute atomic E-state index is 0.105. The van der Waals surface area contributed by atoms with Crippen LogP contribution in [0.25, 0.3) is 0 Å². The Bertz CT molecular complexity index is 852. The van der Waals surface area contributed by atoms with E-state index in [0.29, 0.717) is 0 Å². The van der Waals surface area contributed by atoms with Gasteiger partial charge < -0.3 is 16.2 Å². The molecule has 2 aromatic rings. The van der Waals surface area contributed by atoms with Crippen molar-refractivity contribution in [2.24, 2.45) is 0 Å². The van der Waals surface area contributed by atoms with Crippen molar-refractivity contribution >= 4 is 27.2 Å². The van der Waals surface area contributed by atoms with Gasteiger partial charge in [-0.25, -0.2) is 0 Å². The van der Waals surface area contributed by atoms with Gasteiger partial charge >= 0.3 is 10.1 Å². The van der Waals surface area contributed by atoms with Gasteiger partial charge in [-0.1, -0.05) is 0 Å². The average Bonchev–Trinajstić information content (AvgIpc) is 2.50. The molecule has 24 heavy (non-hydrogen) atoms. The molecular formula is C14H17N3O6S. The molecule has 2 aromatic carbocycles. The van der Waals surface area contributed by atoms with E-state index in [1.165, 1.54) is 13.2 Å². The number of ether oxygens (including phenoxy) is 1. The molecule has 10 heteroatoms. The molecule has 2 rings (SSSR count). The quantitative estimate of drug-likeness (QED) is 0.326. The Balaban J connectivity index is 0.000000272. The number of benzene rings is 2. The van der Waals surface area contributed by atoms with Crippen LogP contribution in [0.1, 0.15) is 5.56 Å². The number of nitro groups is 1. The van der Waals surface area contributed by atoms with Crippen LogP contribution < -0.4 is 16.2 Å². The maximum absolute atomic E-state index is 10.8. The summed E-state index contributed by atoms with van der Waals surface area (Å²) < 4.78 is 35.1. The highest BCUT2D eigenvalue weighted by Crippen LogP contribution is 2.27. The van der Waals surface area contributed by atoms with E-state index in [0.717, 1.165) is 29.1 Å². The monoisotopic (exact) mass is 355 g/mol. The summed E-state index contributed by atoms with van der Waals surface area (Å²) in [5, 5.41) is 10.5. The first-order valence-electron chi connectivity index (χ1n) is 6.47. The van der Waals surface area contributed by atoms with Crippen LogP contribution in [-0.4, -0.2) is 25.0 Å². The lowest BCUT2D eigenvalue weighted by Gasteiger charge is -2.02. The Hall–Kier alpha value is -2.85. The average molecular weight is 355 g/mol. The fraction of sp³-hybridized carbons (Fsp3) is 0.143. The van der Waals surface area contributed by atoms with E-state index in [2.05, 4.69) is 4.74 Å². The number of aryl methyl sites for hydroxylation is 1. The molecule has 0 aromatic heterocycles. The Kier molecular flexibility index (Phi) is 6.09. The van der Waals surface area contributed by atoms with E-state index in [4.69, 9.17) is 16.0 Å². The number of anilines is 2. The molecule has 0 unspecified atom stereocenters. The highest BCUT2D eigenvalue weighted by atomic mass is 32.2. The van der Waals surface area contributed by atoms with Crippen molar-refractivity contribution in [3.63, 3.8) is 0 Å². The third-order valence-corrected chi connectivity index (χ3v) is 3.82. The standard InChI is InChI=1S/C7H10N2.C7H7NO6S/c1-5-4-6(8)2-3-7(5)9;1-14-5-2-3-6(8(9)10)7(4-5)15(11,12)13/h2-4H,8-9H2,1H3;2-4H,1H3,(H,11,12,13). The molecule has 0 aliphatic carbocycles. The summed E-state index contributed by atoms with van der Waals surface area (Å²) in [4.78, 5) is 8.77. The van der Waals surface area contributed by atoms with Gasteiger partial charge in [-0.15, -0.1) is 0 Å². The lowest BCUT2D eigenvalue weighted by molar-refractivity contribution is -0.387. The number of hydrogen-bond donors (Lipinski definition) is 3. The van der Waals surface area contributed by atoms with Gasteiger partial charge in [0.1, 0.15) is 5.75 Å². The summed E-state index contributed by atoms with van der Waals surface area (Å²) in [6.45, 7) is 1.94. The summed E-state index contributed by atoms with van der Waals surface area (Å²) in [5.41, 5.74) is 12.9. The maximum atomic E-state index is 10.8. The van der Waals surface area contributed by atoms with Crippen LogP contribution in [0, 0.1) is 17.0 Å². The van der Waals surface area contributed by atoms with Gasteiger partial charge in [-0.05, 0) is 36.8 Å². The number of nitro benzene ring substituents is 1. The zero-order chi connectivity index (χ0) is 18.5. The Labute approximate surface area is 138 Å². The number of methoxy groups -OCH3 is 1. The Morgan fingerprint density at radius 1 is 1.17 bits per heavy atom. The summed E-state index contributed by atoms with van der Waals surface area (Å²) in [6, 6.07) is 8.52. The van der Waals surface area contributed by atoms with Crippen molar-refractivity contribution < 1.29 is 22.6 Å². The second kappa shape index (κ2) is 7.62. The highest BCUT2D eigenvalue weighted by Gasteiger charge is 2.24. The topological polar surface area (TPSA) is 159 Å².